The minimum atomic E-state index is 0.940. The molecule has 0 unspecified atom stereocenters. The van der Waals surface area contributed by atoms with E-state index >= 15 is 0 Å². The largest absolute Gasteiger partial charge is 0.497 e. The average Bonchev–Trinajstić information content (AvgIpc) is 2.94. The molecule has 0 bridgehead atoms. The maximum atomic E-state index is 5.26. The van der Waals surface area contributed by atoms with E-state index in [1.165, 1.54) is 29.0 Å². The van der Waals surface area contributed by atoms with Gasteiger partial charge in [0.05, 0.1) is 7.11 Å². The molecule has 0 N–H and O–H groups in total. The number of nitrogens with zero attached hydrogens (tertiary/aromatic N) is 1. The molecule has 0 amide bonds. The second-order valence-electron chi connectivity index (χ2n) is 5.36. The van der Waals surface area contributed by atoms with E-state index in [-0.39, 0.29) is 0 Å². The zero-order valence-electron chi connectivity index (χ0n) is 12.4. The van der Waals surface area contributed by atoms with Crippen LogP contribution in [-0.4, -0.2) is 24.3 Å². The second kappa shape index (κ2) is 7.01. The van der Waals surface area contributed by atoms with Gasteiger partial charge in [0.25, 0.3) is 0 Å². The van der Waals surface area contributed by atoms with Gasteiger partial charge in [0.1, 0.15) is 5.75 Å². The third-order valence-electron chi connectivity index (χ3n) is 3.83. The molecule has 0 spiro atoms. The maximum Gasteiger partial charge on any atom is 0.119 e. The summed E-state index contributed by atoms with van der Waals surface area (Å²) in [6, 6.07) is 17.1. The Hall–Kier alpha value is -1.45. The predicted molar refractivity (Wildman–Crippen MR) is 88.9 cm³/mol. The number of hydrogen-bond donors (Lipinski definition) is 0. The minimum absolute atomic E-state index is 0.940. The molecule has 2 aromatic rings. The van der Waals surface area contributed by atoms with Gasteiger partial charge in [-0.15, -0.1) is 11.8 Å². The van der Waals surface area contributed by atoms with Gasteiger partial charge in [0.15, 0.2) is 0 Å². The van der Waals surface area contributed by atoms with Gasteiger partial charge in [-0.25, -0.2) is 0 Å². The molecule has 2 aromatic carbocycles. The fraction of sp³-hybridized carbons (Fsp3) is 0.333. The first-order chi connectivity index (χ1) is 10.3. The lowest BCUT2D eigenvalue weighted by molar-refractivity contribution is 0.286. The molecule has 0 saturated heterocycles. The van der Waals surface area contributed by atoms with E-state index in [9.17, 15) is 0 Å². The van der Waals surface area contributed by atoms with Crippen molar-refractivity contribution in [2.75, 3.05) is 19.4 Å². The summed E-state index contributed by atoms with van der Waals surface area (Å²) in [5.74, 6) is 2.09. The van der Waals surface area contributed by atoms with Gasteiger partial charge < -0.3 is 4.74 Å². The zero-order chi connectivity index (χ0) is 14.5. The number of hydrogen-bond acceptors (Lipinski definition) is 3. The van der Waals surface area contributed by atoms with Crippen LogP contribution in [0.5, 0.6) is 5.75 Å². The molecule has 0 fully saturated rings. The number of fused-ring (bicyclic) bond motifs is 1. The van der Waals surface area contributed by atoms with Gasteiger partial charge in [-0.2, -0.15) is 0 Å². The number of rotatable bonds is 6. The molecule has 21 heavy (non-hydrogen) atoms. The average molecular weight is 299 g/mol. The Kier molecular flexibility index (Phi) is 4.84. The Balaban J connectivity index is 1.41. The lowest BCUT2D eigenvalue weighted by Gasteiger charge is -2.14. The summed E-state index contributed by atoms with van der Waals surface area (Å²) in [4.78, 5) is 3.83. The Morgan fingerprint density at radius 1 is 1.05 bits per heavy atom. The summed E-state index contributed by atoms with van der Waals surface area (Å²) < 4.78 is 5.26. The zero-order valence-corrected chi connectivity index (χ0v) is 13.2. The van der Waals surface area contributed by atoms with Crippen molar-refractivity contribution in [2.45, 2.75) is 24.4 Å². The van der Waals surface area contributed by atoms with Gasteiger partial charge in [0.2, 0.25) is 0 Å². The van der Waals surface area contributed by atoms with Crippen molar-refractivity contribution in [1.29, 1.82) is 0 Å². The SMILES string of the molecule is COc1cccc(SCCCN2Cc3ccccc3C2)c1. The number of methoxy groups -OCH3 is 1. The molecule has 0 aliphatic carbocycles. The van der Waals surface area contributed by atoms with E-state index in [0.717, 1.165) is 24.6 Å². The molecule has 0 radical (unpaired) electrons. The van der Waals surface area contributed by atoms with Crippen molar-refractivity contribution in [1.82, 2.24) is 4.90 Å². The molecule has 0 saturated carbocycles. The third kappa shape index (κ3) is 3.80. The number of thioether (sulfide) groups is 1. The normalized spacial score (nSPS) is 14.1. The summed E-state index contributed by atoms with van der Waals surface area (Å²) in [6.07, 6.45) is 1.22. The summed E-state index contributed by atoms with van der Waals surface area (Å²) in [5.41, 5.74) is 3.00. The Morgan fingerprint density at radius 3 is 2.52 bits per heavy atom. The Labute approximate surface area is 131 Å². The molecule has 0 aromatic heterocycles. The van der Waals surface area contributed by atoms with Crippen LogP contribution in [0.2, 0.25) is 0 Å². The van der Waals surface area contributed by atoms with Crippen LogP contribution in [0.25, 0.3) is 0 Å². The second-order valence-corrected chi connectivity index (χ2v) is 6.53. The van der Waals surface area contributed by atoms with Crippen LogP contribution in [0.4, 0.5) is 0 Å². The molecule has 110 valence electrons. The molecule has 3 rings (SSSR count). The summed E-state index contributed by atoms with van der Waals surface area (Å²) >= 11 is 1.91. The van der Waals surface area contributed by atoms with E-state index in [2.05, 4.69) is 47.4 Å². The molecule has 3 heteroatoms. The monoisotopic (exact) mass is 299 g/mol. The van der Waals surface area contributed by atoms with E-state index in [0.29, 0.717) is 0 Å². The van der Waals surface area contributed by atoms with Crippen LogP contribution in [0.3, 0.4) is 0 Å². The van der Waals surface area contributed by atoms with Crippen LogP contribution >= 0.6 is 11.8 Å². The Morgan fingerprint density at radius 2 is 1.81 bits per heavy atom. The smallest absolute Gasteiger partial charge is 0.119 e. The molecule has 2 nitrogen and oxygen atoms in total. The molecule has 1 aliphatic heterocycles. The lowest BCUT2D eigenvalue weighted by Crippen LogP contribution is -2.18. The fourth-order valence-corrected chi connectivity index (χ4v) is 3.61. The maximum absolute atomic E-state index is 5.26. The van der Waals surface area contributed by atoms with Gasteiger partial charge in [-0.1, -0.05) is 30.3 Å². The van der Waals surface area contributed by atoms with Crippen molar-refractivity contribution in [3.63, 3.8) is 0 Å². The third-order valence-corrected chi connectivity index (χ3v) is 4.91. The highest BCUT2D eigenvalue weighted by Gasteiger charge is 2.17. The predicted octanol–water partition coefficient (Wildman–Crippen LogP) is 4.19. The van der Waals surface area contributed by atoms with E-state index in [4.69, 9.17) is 4.74 Å². The van der Waals surface area contributed by atoms with Crippen molar-refractivity contribution in [3.05, 3.63) is 59.7 Å². The first-order valence-corrected chi connectivity index (χ1v) is 8.40. The number of ether oxygens (including phenoxy) is 1. The highest BCUT2D eigenvalue weighted by Crippen LogP contribution is 2.25. The van der Waals surface area contributed by atoms with E-state index < -0.39 is 0 Å². The summed E-state index contributed by atoms with van der Waals surface area (Å²) in [5, 5.41) is 0. The molecule has 1 heterocycles. The molecular weight excluding hydrogens is 278 g/mol. The van der Waals surface area contributed by atoms with Gasteiger partial charge in [-0.3, -0.25) is 4.90 Å². The van der Waals surface area contributed by atoms with Gasteiger partial charge in [0, 0.05) is 18.0 Å². The summed E-state index contributed by atoms with van der Waals surface area (Å²) in [7, 11) is 1.72. The van der Waals surface area contributed by atoms with Gasteiger partial charge in [-0.05, 0) is 48.0 Å². The van der Waals surface area contributed by atoms with Crippen molar-refractivity contribution in [2.24, 2.45) is 0 Å². The minimum Gasteiger partial charge on any atom is -0.497 e. The van der Waals surface area contributed by atoms with Crippen LogP contribution in [0.15, 0.2) is 53.4 Å². The quantitative estimate of drug-likeness (QED) is 0.586. The highest BCUT2D eigenvalue weighted by molar-refractivity contribution is 7.99. The standard InChI is InChI=1S/C18H21NOS/c1-20-17-8-4-9-18(12-17)21-11-5-10-19-13-15-6-2-3-7-16(15)14-19/h2-4,6-9,12H,5,10-11,13-14H2,1H3. The van der Waals surface area contributed by atoms with E-state index in [1.807, 2.05) is 17.8 Å². The van der Waals surface area contributed by atoms with Crippen molar-refractivity contribution < 1.29 is 4.74 Å². The van der Waals surface area contributed by atoms with Gasteiger partial charge >= 0.3 is 0 Å². The van der Waals surface area contributed by atoms with Crippen LogP contribution in [-0.2, 0) is 13.1 Å². The van der Waals surface area contributed by atoms with Crippen molar-refractivity contribution >= 4 is 11.8 Å². The topological polar surface area (TPSA) is 12.5 Å². The lowest BCUT2D eigenvalue weighted by atomic mass is 10.1. The van der Waals surface area contributed by atoms with Crippen molar-refractivity contribution in [3.8, 4) is 5.75 Å². The van der Waals surface area contributed by atoms with Crippen LogP contribution in [0, 0.1) is 0 Å². The van der Waals surface area contributed by atoms with Crippen LogP contribution in [0.1, 0.15) is 17.5 Å². The molecule has 0 atom stereocenters. The highest BCUT2D eigenvalue weighted by atomic mass is 32.2. The first-order valence-electron chi connectivity index (χ1n) is 7.41. The first kappa shape index (κ1) is 14.5. The number of benzene rings is 2. The fourth-order valence-electron chi connectivity index (χ4n) is 2.73. The summed E-state index contributed by atoms with van der Waals surface area (Å²) in [6.45, 7) is 3.39. The molecular formula is C18H21NOS. The molecule has 1 aliphatic rings. The van der Waals surface area contributed by atoms with E-state index in [1.54, 1.807) is 7.11 Å². The van der Waals surface area contributed by atoms with Crippen LogP contribution < -0.4 is 4.74 Å². The Bertz CT molecular complexity index is 574.